The second-order valence-electron chi connectivity index (χ2n) is 7.11. The number of hydrogen-bond donors (Lipinski definition) is 2. The topological polar surface area (TPSA) is 71.1 Å². The highest BCUT2D eigenvalue weighted by molar-refractivity contribution is 7.92. The molecule has 6 heteroatoms. The van der Waals surface area contributed by atoms with Crippen LogP contribution in [0.3, 0.4) is 0 Å². The Kier molecular flexibility index (Phi) is 5.70. The van der Waals surface area contributed by atoms with Gasteiger partial charge in [-0.2, -0.15) is 0 Å². The molecule has 0 bridgehead atoms. The highest BCUT2D eigenvalue weighted by Crippen LogP contribution is 2.24. The lowest BCUT2D eigenvalue weighted by atomic mass is 10.1. The fourth-order valence-electron chi connectivity index (χ4n) is 3.37. The van der Waals surface area contributed by atoms with E-state index in [1.807, 2.05) is 39.0 Å². The van der Waals surface area contributed by atoms with Crippen molar-refractivity contribution in [3.05, 3.63) is 82.5 Å². The molecule has 3 aromatic rings. The third-order valence-electron chi connectivity index (χ3n) is 4.45. The first-order valence-electron chi connectivity index (χ1n) is 9.11. The van der Waals surface area contributed by atoms with E-state index < -0.39 is 10.0 Å². The molecule has 5 nitrogen and oxygen atoms in total. The second-order valence-corrected chi connectivity index (χ2v) is 8.73. The van der Waals surface area contributed by atoms with Gasteiger partial charge in [-0.15, -0.1) is 0 Å². The Morgan fingerprint density at radius 3 is 2.21 bits per heavy atom. The summed E-state index contributed by atoms with van der Waals surface area (Å²) in [4.78, 5) is 4.63. The van der Waals surface area contributed by atoms with Gasteiger partial charge in [-0.1, -0.05) is 47.5 Å². The summed E-state index contributed by atoms with van der Waals surface area (Å²) in [7, 11) is -3.67. The first-order valence-corrected chi connectivity index (χ1v) is 10.6. The average Bonchev–Trinajstić information content (AvgIpc) is 2.59. The van der Waals surface area contributed by atoms with E-state index in [0.29, 0.717) is 22.9 Å². The molecule has 0 spiro atoms. The first-order chi connectivity index (χ1) is 13.2. The standard InChI is InChI=1S/C22H25N3O2S/c1-15-6-5-7-19(12-15)13-23-21-9-8-20(14-24-21)25-28(26,27)22-17(3)10-16(2)11-18(22)4/h5-12,14,25H,13H2,1-4H3,(H,23,24). The lowest BCUT2D eigenvalue weighted by Crippen LogP contribution is -2.16. The van der Waals surface area contributed by atoms with Crippen molar-refractivity contribution in [3.8, 4) is 0 Å². The van der Waals surface area contributed by atoms with Crippen molar-refractivity contribution in [3.63, 3.8) is 0 Å². The van der Waals surface area contributed by atoms with Crippen LogP contribution in [0.2, 0.25) is 0 Å². The molecule has 0 fully saturated rings. The van der Waals surface area contributed by atoms with Crippen molar-refractivity contribution in [2.45, 2.75) is 39.1 Å². The zero-order chi connectivity index (χ0) is 20.3. The van der Waals surface area contributed by atoms with E-state index in [2.05, 4.69) is 40.1 Å². The minimum atomic E-state index is -3.67. The largest absolute Gasteiger partial charge is 0.366 e. The van der Waals surface area contributed by atoms with Crippen LogP contribution >= 0.6 is 0 Å². The molecular formula is C22H25N3O2S. The molecule has 146 valence electrons. The number of benzene rings is 2. The van der Waals surface area contributed by atoms with Crippen LogP contribution in [-0.2, 0) is 16.6 Å². The van der Waals surface area contributed by atoms with Gasteiger partial charge in [-0.05, 0) is 56.5 Å². The van der Waals surface area contributed by atoms with Crippen LogP contribution in [0.25, 0.3) is 0 Å². The Hall–Kier alpha value is -2.86. The molecule has 0 aliphatic heterocycles. The maximum Gasteiger partial charge on any atom is 0.262 e. The summed E-state index contributed by atoms with van der Waals surface area (Å²) in [5.74, 6) is 0.687. The van der Waals surface area contributed by atoms with Crippen molar-refractivity contribution in [1.29, 1.82) is 0 Å². The molecule has 0 atom stereocenters. The fourth-order valence-corrected chi connectivity index (χ4v) is 4.87. The van der Waals surface area contributed by atoms with Crippen molar-refractivity contribution < 1.29 is 8.42 Å². The molecule has 0 amide bonds. The molecule has 0 aliphatic rings. The van der Waals surface area contributed by atoms with E-state index in [0.717, 1.165) is 22.3 Å². The molecule has 1 heterocycles. The van der Waals surface area contributed by atoms with Gasteiger partial charge in [0.1, 0.15) is 5.82 Å². The predicted octanol–water partition coefficient (Wildman–Crippen LogP) is 4.73. The molecule has 3 rings (SSSR count). The van der Waals surface area contributed by atoms with Gasteiger partial charge in [-0.25, -0.2) is 13.4 Å². The molecule has 2 aromatic carbocycles. The van der Waals surface area contributed by atoms with Crippen LogP contribution in [0.15, 0.2) is 59.6 Å². The number of pyridine rings is 1. The monoisotopic (exact) mass is 395 g/mol. The van der Waals surface area contributed by atoms with Crippen LogP contribution in [0.5, 0.6) is 0 Å². The van der Waals surface area contributed by atoms with Crippen molar-refractivity contribution in [2.24, 2.45) is 0 Å². The number of nitrogens with zero attached hydrogens (tertiary/aromatic N) is 1. The molecule has 0 radical (unpaired) electrons. The van der Waals surface area contributed by atoms with Crippen LogP contribution < -0.4 is 10.0 Å². The molecule has 0 saturated heterocycles. The Labute approximate surface area is 166 Å². The number of aromatic nitrogens is 1. The summed E-state index contributed by atoms with van der Waals surface area (Å²) < 4.78 is 28.3. The molecular weight excluding hydrogens is 370 g/mol. The van der Waals surface area contributed by atoms with Crippen LogP contribution in [-0.4, -0.2) is 13.4 Å². The molecule has 0 unspecified atom stereocenters. The van der Waals surface area contributed by atoms with E-state index in [9.17, 15) is 8.42 Å². The van der Waals surface area contributed by atoms with Crippen LogP contribution in [0.1, 0.15) is 27.8 Å². The number of hydrogen-bond acceptors (Lipinski definition) is 4. The quantitative estimate of drug-likeness (QED) is 0.633. The summed E-state index contributed by atoms with van der Waals surface area (Å²) >= 11 is 0. The van der Waals surface area contributed by atoms with E-state index >= 15 is 0 Å². The highest BCUT2D eigenvalue weighted by atomic mass is 32.2. The summed E-state index contributed by atoms with van der Waals surface area (Å²) in [6.07, 6.45) is 1.52. The number of nitrogens with one attached hydrogen (secondary N) is 2. The van der Waals surface area contributed by atoms with Crippen LogP contribution in [0, 0.1) is 27.7 Å². The third kappa shape index (κ3) is 4.70. The van der Waals surface area contributed by atoms with E-state index in [1.54, 1.807) is 12.1 Å². The van der Waals surface area contributed by atoms with Crippen molar-refractivity contribution in [2.75, 3.05) is 10.0 Å². The number of aryl methyl sites for hydroxylation is 4. The Morgan fingerprint density at radius 2 is 1.61 bits per heavy atom. The highest BCUT2D eigenvalue weighted by Gasteiger charge is 2.20. The number of anilines is 2. The summed E-state index contributed by atoms with van der Waals surface area (Å²) in [6.45, 7) is 8.29. The van der Waals surface area contributed by atoms with Gasteiger partial charge in [0.05, 0.1) is 16.8 Å². The fraction of sp³-hybridized carbons (Fsp3) is 0.227. The number of sulfonamides is 1. The molecule has 0 aliphatic carbocycles. The van der Waals surface area contributed by atoms with Gasteiger partial charge in [0.15, 0.2) is 0 Å². The smallest absolute Gasteiger partial charge is 0.262 e. The Bertz CT molecular complexity index is 1070. The van der Waals surface area contributed by atoms with Crippen molar-refractivity contribution in [1.82, 2.24) is 4.98 Å². The molecule has 28 heavy (non-hydrogen) atoms. The van der Waals surface area contributed by atoms with Gasteiger partial charge < -0.3 is 5.32 Å². The zero-order valence-electron chi connectivity index (χ0n) is 16.6. The van der Waals surface area contributed by atoms with E-state index in [4.69, 9.17) is 0 Å². The Balaban J connectivity index is 1.72. The average molecular weight is 396 g/mol. The van der Waals surface area contributed by atoms with Crippen LogP contribution in [0.4, 0.5) is 11.5 Å². The molecule has 1 aromatic heterocycles. The number of rotatable bonds is 6. The summed E-state index contributed by atoms with van der Waals surface area (Å²) in [5, 5.41) is 3.25. The van der Waals surface area contributed by atoms with Gasteiger partial charge in [0, 0.05) is 6.54 Å². The van der Waals surface area contributed by atoms with Gasteiger partial charge in [0.25, 0.3) is 10.0 Å². The first kappa shape index (κ1) is 19.9. The predicted molar refractivity (Wildman–Crippen MR) is 114 cm³/mol. The molecule has 0 saturated carbocycles. The normalized spacial score (nSPS) is 11.3. The summed E-state index contributed by atoms with van der Waals surface area (Å²) in [5.41, 5.74) is 5.31. The lowest BCUT2D eigenvalue weighted by molar-refractivity contribution is 0.600. The van der Waals surface area contributed by atoms with Gasteiger partial charge in [-0.3, -0.25) is 4.72 Å². The zero-order valence-corrected chi connectivity index (χ0v) is 17.4. The van der Waals surface area contributed by atoms with E-state index in [-0.39, 0.29) is 0 Å². The van der Waals surface area contributed by atoms with Crippen molar-refractivity contribution >= 4 is 21.5 Å². The minimum Gasteiger partial charge on any atom is -0.366 e. The van der Waals surface area contributed by atoms with E-state index in [1.165, 1.54) is 11.8 Å². The second kappa shape index (κ2) is 8.02. The SMILES string of the molecule is Cc1cccc(CNc2ccc(NS(=O)(=O)c3c(C)cc(C)cc3C)cn2)c1. The lowest BCUT2D eigenvalue weighted by Gasteiger charge is -2.14. The molecule has 2 N–H and O–H groups in total. The summed E-state index contributed by atoms with van der Waals surface area (Å²) in [6, 6.07) is 15.5. The Morgan fingerprint density at radius 1 is 0.893 bits per heavy atom. The third-order valence-corrected chi connectivity index (χ3v) is 6.13. The minimum absolute atomic E-state index is 0.319. The van der Waals surface area contributed by atoms with Gasteiger partial charge in [0.2, 0.25) is 0 Å². The van der Waals surface area contributed by atoms with Gasteiger partial charge >= 0.3 is 0 Å². The maximum absolute atomic E-state index is 12.8. The maximum atomic E-state index is 12.8.